The van der Waals surface area contributed by atoms with Gasteiger partial charge in [-0.25, -0.2) is 9.79 Å². The number of anilines is 1. The topological polar surface area (TPSA) is 107 Å². The number of amidine groups is 1. The van der Waals surface area contributed by atoms with E-state index in [1.54, 1.807) is 50.2 Å². The molecule has 1 N–H and O–H groups in total. The van der Waals surface area contributed by atoms with Gasteiger partial charge in [-0.1, -0.05) is 23.7 Å². The number of halogens is 2. The van der Waals surface area contributed by atoms with Crippen LogP contribution in [0.5, 0.6) is 11.5 Å². The summed E-state index contributed by atoms with van der Waals surface area (Å²) in [6.07, 6.45) is 1.46. The van der Waals surface area contributed by atoms with Gasteiger partial charge in [-0.2, -0.15) is 0 Å². The predicted octanol–water partition coefficient (Wildman–Crippen LogP) is 5.15. The molecule has 1 atom stereocenters. The van der Waals surface area contributed by atoms with E-state index >= 15 is 0 Å². The number of para-hydroxylation sites is 1. The lowest BCUT2D eigenvalue weighted by molar-refractivity contribution is -0.139. The first-order chi connectivity index (χ1) is 18.3. The number of carbonyl (C=O) groups excluding carboxylic acids is 3. The van der Waals surface area contributed by atoms with Gasteiger partial charge in [0, 0.05) is 28.8 Å². The smallest absolute Gasteiger partial charge is 0.337 e. The lowest BCUT2D eigenvalue weighted by atomic mass is 9.94. The number of nitrogens with zero attached hydrogens (tertiary/aromatic N) is 2. The summed E-state index contributed by atoms with van der Waals surface area (Å²) in [5, 5.41) is 3.58. The van der Waals surface area contributed by atoms with Crippen LogP contribution in [0, 0.1) is 0 Å². The molecule has 2 aliphatic heterocycles. The summed E-state index contributed by atoms with van der Waals surface area (Å²) in [6.45, 7) is 3.56. The normalized spacial score (nSPS) is 16.4. The predicted molar refractivity (Wildman–Crippen MR) is 157 cm³/mol. The van der Waals surface area contributed by atoms with Crippen molar-refractivity contribution in [1.82, 2.24) is 4.90 Å². The summed E-state index contributed by atoms with van der Waals surface area (Å²) in [6, 6.07) is 11.3. The van der Waals surface area contributed by atoms with Crippen molar-refractivity contribution in [3.63, 3.8) is 0 Å². The number of allylic oxidation sites excluding steroid dienone is 1. The quantitative estimate of drug-likeness (QED) is 0.400. The number of hydrogen-bond acceptors (Lipinski definition) is 8. The number of aliphatic imine (C=N–C) groups is 1. The first-order valence-corrected chi connectivity index (χ1v) is 12.9. The van der Waals surface area contributed by atoms with Crippen molar-refractivity contribution in [2.75, 3.05) is 26.1 Å². The van der Waals surface area contributed by atoms with E-state index in [-0.39, 0.29) is 45.7 Å². The van der Waals surface area contributed by atoms with E-state index in [0.29, 0.717) is 27.9 Å². The molecule has 0 fully saturated rings. The molecule has 0 aliphatic carbocycles. The SMILES string of the molecule is Br.CCOC(=O)C1=C(C)N=C2SC(C(=O)Nc3ccc(Cl)cc3)=CC(=O)N2C1Cc1cccc(OC)c1OC. The summed E-state index contributed by atoms with van der Waals surface area (Å²) in [4.78, 5) is 45.6. The molecule has 206 valence electrons. The molecule has 2 aromatic rings. The second kappa shape index (κ2) is 13.2. The van der Waals surface area contributed by atoms with E-state index in [2.05, 4.69) is 10.3 Å². The molecule has 39 heavy (non-hydrogen) atoms. The molecule has 2 amide bonds. The van der Waals surface area contributed by atoms with Gasteiger partial charge in [-0.05, 0) is 55.9 Å². The number of methoxy groups -OCH3 is 2. The first-order valence-electron chi connectivity index (χ1n) is 11.7. The van der Waals surface area contributed by atoms with Crippen LogP contribution >= 0.6 is 40.3 Å². The molecule has 0 spiro atoms. The van der Waals surface area contributed by atoms with Crippen LogP contribution < -0.4 is 14.8 Å². The molecule has 9 nitrogen and oxygen atoms in total. The van der Waals surface area contributed by atoms with Gasteiger partial charge in [-0.3, -0.25) is 14.5 Å². The first kappa shape index (κ1) is 30.3. The number of carbonyl (C=O) groups is 3. The Kier molecular flexibility index (Phi) is 10.2. The fraction of sp³-hybridized carbons (Fsp3) is 0.259. The zero-order chi connectivity index (χ0) is 27.4. The average Bonchev–Trinajstić information content (AvgIpc) is 2.89. The summed E-state index contributed by atoms with van der Waals surface area (Å²) in [7, 11) is 3.06. The lowest BCUT2D eigenvalue weighted by Crippen LogP contribution is -2.50. The highest BCUT2D eigenvalue weighted by molar-refractivity contribution is 8.93. The number of rotatable bonds is 8. The Labute approximate surface area is 246 Å². The largest absolute Gasteiger partial charge is 0.493 e. The van der Waals surface area contributed by atoms with Crippen LogP contribution in [0.4, 0.5) is 5.69 Å². The summed E-state index contributed by atoms with van der Waals surface area (Å²) in [5.74, 6) is -0.487. The Morgan fingerprint density at radius 1 is 1.13 bits per heavy atom. The van der Waals surface area contributed by atoms with Gasteiger partial charge in [0.1, 0.15) is 0 Å². The number of benzene rings is 2. The molecular weight excluding hydrogens is 610 g/mol. The van der Waals surface area contributed by atoms with E-state index in [1.807, 2.05) is 6.07 Å². The van der Waals surface area contributed by atoms with Crippen molar-refractivity contribution in [1.29, 1.82) is 0 Å². The molecule has 1 unspecified atom stereocenters. The molecular formula is C27H27BrClN3O6S. The van der Waals surface area contributed by atoms with Crippen LogP contribution in [0.2, 0.25) is 5.02 Å². The van der Waals surface area contributed by atoms with Gasteiger partial charge in [-0.15, -0.1) is 17.0 Å². The molecule has 0 aromatic heterocycles. The van der Waals surface area contributed by atoms with Gasteiger partial charge in [0.25, 0.3) is 11.8 Å². The van der Waals surface area contributed by atoms with E-state index in [0.717, 1.165) is 17.3 Å². The fourth-order valence-electron chi connectivity index (χ4n) is 4.24. The maximum absolute atomic E-state index is 13.5. The van der Waals surface area contributed by atoms with E-state index in [4.69, 9.17) is 25.8 Å². The van der Waals surface area contributed by atoms with Crippen molar-refractivity contribution in [2.45, 2.75) is 26.3 Å². The molecule has 4 rings (SSSR count). The number of thioether (sulfide) groups is 1. The van der Waals surface area contributed by atoms with Crippen LogP contribution in [-0.2, 0) is 25.5 Å². The van der Waals surface area contributed by atoms with Crippen LogP contribution in [-0.4, -0.2) is 54.7 Å². The second-order valence-electron chi connectivity index (χ2n) is 8.27. The highest BCUT2D eigenvalue weighted by Crippen LogP contribution is 2.39. The number of ether oxygens (including phenoxy) is 3. The Morgan fingerprint density at radius 3 is 2.49 bits per heavy atom. The Morgan fingerprint density at radius 2 is 1.85 bits per heavy atom. The zero-order valence-corrected chi connectivity index (χ0v) is 24.9. The molecule has 2 aliphatic rings. The standard InChI is InChI=1S/C27H26ClN3O6S.BrH/c1-5-37-26(34)23-15(2)29-27-31(19(23)13-16-7-6-8-20(35-3)24(16)36-4)22(32)14-21(38-27)25(33)30-18-11-9-17(28)10-12-18;/h6-12,14,19H,5,13H2,1-4H3,(H,30,33);1H. The third-order valence-corrected chi connectivity index (χ3v) is 7.16. The third kappa shape index (κ3) is 6.48. The molecule has 0 saturated heterocycles. The minimum absolute atomic E-state index is 0. The molecule has 0 bridgehead atoms. The number of fused-ring (bicyclic) bond motifs is 1. The van der Waals surface area contributed by atoms with Crippen LogP contribution in [0.15, 0.2) is 69.7 Å². The van der Waals surface area contributed by atoms with Gasteiger partial charge in [0.05, 0.1) is 43.0 Å². The van der Waals surface area contributed by atoms with E-state index in [9.17, 15) is 14.4 Å². The van der Waals surface area contributed by atoms with Gasteiger partial charge in [0.2, 0.25) is 0 Å². The lowest BCUT2D eigenvalue weighted by Gasteiger charge is -2.38. The van der Waals surface area contributed by atoms with Crippen molar-refractivity contribution < 1.29 is 28.6 Å². The van der Waals surface area contributed by atoms with Crippen molar-refractivity contribution in [2.24, 2.45) is 4.99 Å². The van der Waals surface area contributed by atoms with Crippen molar-refractivity contribution in [3.8, 4) is 11.5 Å². The summed E-state index contributed by atoms with van der Waals surface area (Å²) < 4.78 is 16.3. The van der Waals surface area contributed by atoms with Crippen molar-refractivity contribution in [3.05, 3.63) is 75.3 Å². The van der Waals surface area contributed by atoms with Crippen LogP contribution in [0.25, 0.3) is 0 Å². The molecule has 12 heteroatoms. The molecule has 2 aromatic carbocycles. The highest BCUT2D eigenvalue weighted by Gasteiger charge is 2.42. The number of hydrogen-bond donors (Lipinski definition) is 1. The Balaban J connectivity index is 0.00000420. The highest BCUT2D eigenvalue weighted by atomic mass is 79.9. The summed E-state index contributed by atoms with van der Waals surface area (Å²) >= 11 is 6.97. The number of esters is 1. The molecule has 2 heterocycles. The van der Waals surface area contributed by atoms with Gasteiger partial charge >= 0.3 is 5.97 Å². The Bertz CT molecular complexity index is 1380. The molecule has 0 radical (unpaired) electrons. The maximum atomic E-state index is 13.5. The van der Waals surface area contributed by atoms with Gasteiger partial charge < -0.3 is 19.5 Å². The van der Waals surface area contributed by atoms with Crippen LogP contribution in [0.1, 0.15) is 19.4 Å². The summed E-state index contributed by atoms with van der Waals surface area (Å²) in [5.41, 5.74) is 1.92. The third-order valence-electron chi connectivity index (χ3n) is 5.92. The Hall–Kier alpha value is -3.28. The second-order valence-corrected chi connectivity index (χ2v) is 9.71. The minimum Gasteiger partial charge on any atom is -0.493 e. The van der Waals surface area contributed by atoms with E-state index < -0.39 is 23.8 Å². The van der Waals surface area contributed by atoms with Gasteiger partial charge in [0.15, 0.2) is 16.7 Å². The fourth-order valence-corrected chi connectivity index (χ4v) is 5.36. The average molecular weight is 637 g/mol. The molecule has 0 saturated carbocycles. The van der Waals surface area contributed by atoms with Crippen molar-refractivity contribution >= 4 is 69.0 Å². The monoisotopic (exact) mass is 635 g/mol. The number of nitrogens with one attached hydrogen (secondary N) is 1. The van der Waals surface area contributed by atoms with Crippen LogP contribution in [0.3, 0.4) is 0 Å². The minimum atomic E-state index is -0.750. The maximum Gasteiger partial charge on any atom is 0.337 e. The number of amides is 2. The zero-order valence-electron chi connectivity index (χ0n) is 21.6. The van der Waals surface area contributed by atoms with E-state index in [1.165, 1.54) is 25.2 Å².